The van der Waals surface area contributed by atoms with E-state index in [9.17, 15) is 13.5 Å². The van der Waals surface area contributed by atoms with Gasteiger partial charge in [-0.05, 0) is 35.9 Å². The van der Waals surface area contributed by atoms with Gasteiger partial charge in [0.15, 0.2) is 5.95 Å². The molecule has 0 aliphatic rings. The predicted octanol–water partition coefficient (Wildman–Crippen LogP) is 1.16. The van der Waals surface area contributed by atoms with Crippen molar-refractivity contribution in [3.05, 3.63) is 59.8 Å². The predicted molar refractivity (Wildman–Crippen MR) is 93.9 cm³/mol. The van der Waals surface area contributed by atoms with Gasteiger partial charge in [-0.25, -0.2) is 8.42 Å². The van der Waals surface area contributed by atoms with Gasteiger partial charge in [-0.2, -0.15) is 4.31 Å². The molecule has 0 fully saturated rings. The molecule has 2 aromatic carbocycles. The third-order valence-corrected chi connectivity index (χ3v) is 5.93. The first kappa shape index (κ1) is 18.9. The van der Waals surface area contributed by atoms with Crippen molar-refractivity contribution in [3.63, 3.8) is 0 Å². The van der Waals surface area contributed by atoms with Crippen molar-refractivity contribution in [2.24, 2.45) is 0 Å². The van der Waals surface area contributed by atoms with Gasteiger partial charge in [0.05, 0.1) is 17.3 Å². The highest BCUT2D eigenvalue weighted by atomic mass is 32.2. The third kappa shape index (κ3) is 3.79. The lowest BCUT2D eigenvalue weighted by atomic mass is 10.2. The van der Waals surface area contributed by atoms with E-state index in [2.05, 4.69) is 5.27 Å². The molecule has 0 bridgehead atoms. The zero-order valence-corrected chi connectivity index (χ0v) is 15.9. The third-order valence-electron chi connectivity index (χ3n) is 4.12. The Kier molecular flexibility index (Phi) is 5.15. The molecule has 3 aromatic rings. The van der Waals surface area contributed by atoms with Crippen LogP contribution >= 0.6 is 0 Å². The van der Waals surface area contributed by atoms with Gasteiger partial charge in [0.25, 0.3) is 5.69 Å². The van der Waals surface area contributed by atoms with Gasteiger partial charge in [0.2, 0.25) is 15.7 Å². The molecule has 27 heavy (non-hydrogen) atoms. The van der Waals surface area contributed by atoms with Gasteiger partial charge in [-0.3, -0.25) is 0 Å². The van der Waals surface area contributed by atoms with Crippen LogP contribution in [0.15, 0.2) is 57.9 Å². The number of sulfonamides is 1. The molecule has 9 heteroatoms. The average Bonchev–Trinajstić information content (AvgIpc) is 3.02. The van der Waals surface area contributed by atoms with Gasteiger partial charge in [-0.15, -0.1) is 0 Å². The first-order valence-electron chi connectivity index (χ1n) is 8.08. The minimum absolute atomic E-state index is 0.0957. The molecule has 0 unspecified atom stereocenters. The summed E-state index contributed by atoms with van der Waals surface area (Å²) in [5, 5.41) is 15.8. The molecule has 8 nitrogen and oxygen atoms in total. The maximum atomic E-state index is 12.8. The van der Waals surface area contributed by atoms with E-state index in [4.69, 9.17) is 9.26 Å². The van der Waals surface area contributed by atoms with Crippen LogP contribution in [0, 0.1) is 6.92 Å². The first-order valence-corrected chi connectivity index (χ1v) is 9.52. The molecule has 1 aromatic heterocycles. The van der Waals surface area contributed by atoms with E-state index >= 15 is 0 Å². The van der Waals surface area contributed by atoms with Crippen molar-refractivity contribution in [3.8, 4) is 17.4 Å². The maximum Gasteiger partial charge on any atom is 0.255 e. The van der Waals surface area contributed by atoms with Crippen LogP contribution in [0.3, 0.4) is 0 Å². The molecule has 3 rings (SSSR count). The van der Waals surface area contributed by atoms with E-state index in [0.717, 1.165) is 9.87 Å². The number of aryl methyl sites for hydroxylation is 1. The van der Waals surface area contributed by atoms with Gasteiger partial charge in [-0.1, -0.05) is 17.7 Å². The molecule has 0 amide bonds. The van der Waals surface area contributed by atoms with Crippen molar-refractivity contribution >= 4 is 10.0 Å². The fraction of sp³-hybridized carbons (Fsp3) is 0.222. The second-order valence-electron chi connectivity index (χ2n) is 5.99. The summed E-state index contributed by atoms with van der Waals surface area (Å²) < 4.78 is 37.7. The molecule has 0 spiro atoms. The van der Waals surface area contributed by atoms with Gasteiger partial charge in [0.1, 0.15) is 12.3 Å². The number of benzene rings is 2. The van der Waals surface area contributed by atoms with Crippen LogP contribution < -0.4 is 14.5 Å². The Bertz CT molecular complexity index is 1030. The molecule has 0 atom stereocenters. The van der Waals surface area contributed by atoms with Crippen LogP contribution in [0.5, 0.6) is 11.7 Å². The van der Waals surface area contributed by atoms with Crippen molar-refractivity contribution in [2.75, 3.05) is 14.2 Å². The van der Waals surface area contributed by atoms with E-state index in [1.807, 2.05) is 6.92 Å². The Balaban J connectivity index is 1.91. The fourth-order valence-corrected chi connectivity index (χ4v) is 3.64. The second-order valence-corrected chi connectivity index (χ2v) is 8.04. The molecule has 0 saturated carbocycles. The monoisotopic (exact) mass is 389 g/mol. The van der Waals surface area contributed by atoms with E-state index in [0.29, 0.717) is 11.4 Å². The van der Waals surface area contributed by atoms with Gasteiger partial charge >= 0.3 is 0 Å². The molecular weight excluding hydrogens is 370 g/mol. The average molecular weight is 389 g/mol. The van der Waals surface area contributed by atoms with E-state index in [-0.39, 0.29) is 17.1 Å². The molecule has 1 heterocycles. The lowest BCUT2D eigenvalue weighted by Crippen LogP contribution is -2.40. The molecule has 0 aliphatic heterocycles. The summed E-state index contributed by atoms with van der Waals surface area (Å²) in [4.78, 5) is 0.149. The zero-order chi connectivity index (χ0) is 19.6. The number of hydrogen-bond donors (Lipinski definition) is 0. The summed E-state index contributed by atoms with van der Waals surface area (Å²) in [7, 11) is -0.818. The Morgan fingerprint density at radius 1 is 1.15 bits per heavy atom. The van der Waals surface area contributed by atoms with Crippen molar-refractivity contribution in [1.29, 1.82) is 0 Å². The standard InChI is InChI=1S/C18H19N3O5S/c1-13-4-10-16(11-5-13)27(23,24)20(2)12-17-18(22)26-19-21(17)14-6-8-15(25-3)9-7-14/h4-11H,12H2,1-3H3. The molecular formula is C18H19N3O5S. The SMILES string of the molecule is COc1ccc(-[n+]2noc([O-])c2CN(C)S(=O)(=O)c2ccc(C)cc2)cc1. The summed E-state index contributed by atoms with van der Waals surface area (Å²) in [6.45, 7) is 1.68. The van der Waals surface area contributed by atoms with Crippen molar-refractivity contribution in [2.45, 2.75) is 18.4 Å². The molecule has 0 saturated heterocycles. The van der Waals surface area contributed by atoms with E-state index in [1.54, 1.807) is 43.5 Å². The number of hydrogen-bond acceptors (Lipinski definition) is 6. The second kappa shape index (κ2) is 7.37. The van der Waals surface area contributed by atoms with E-state index < -0.39 is 16.0 Å². The van der Waals surface area contributed by atoms with Crippen molar-refractivity contribution in [1.82, 2.24) is 9.58 Å². The number of ether oxygens (including phenoxy) is 1. The van der Waals surface area contributed by atoms with Crippen LogP contribution in [-0.4, -0.2) is 32.2 Å². The summed E-state index contributed by atoms with van der Waals surface area (Å²) >= 11 is 0. The highest BCUT2D eigenvalue weighted by Gasteiger charge is 2.28. The quantitative estimate of drug-likeness (QED) is 0.587. The smallest absolute Gasteiger partial charge is 0.255 e. The van der Waals surface area contributed by atoms with Crippen LogP contribution in [0.2, 0.25) is 0 Å². The summed E-state index contributed by atoms with van der Waals surface area (Å²) in [6.07, 6.45) is 0. The zero-order valence-electron chi connectivity index (χ0n) is 15.1. The lowest BCUT2D eigenvalue weighted by molar-refractivity contribution is -0.678. The van der Waals surface area contributed by atoms with Crippen LogP contribution in [0.4, 0.5) is 0 Å². The Morgan fingerprint density at radius 3 is 2.37 bits per heavy atom. The number of nitrogens with zero attached hydrogens (tertiary/aromatic N) is 3. The normalized spacial score (nSPS) is 11.7. The topological polar surface area (TPSA) is 99.6 Å². The first-order chi connectivity index (χ1) is 12.8. The molecule has 0 aliphatic carbocycles. The van der Waals surface area contributed by atoms with E-state index in [1.165, 1.54) is 23.9 Å². The number of aromatic nitrogens is 2. The maximum absolute atomic E-state index is 12.8. The molecule has 0 radical (unpaired) electrons. The minimum atomic E-state index is -3.77. The summed E-state index contributed by atoms with van der Waals surface area (Å²) in [5.74, 6) is -0.0532. The molecule has 142 valence electrons. The van der Waals surface area contributed by atoms with Crippen molar-refractivity contribution < 1.29 is 27.5 Å². The minimum Gasteiger partial charge on any atom is -0.539 e. The number of methoxy groups -OCH3 is 1. The molecule has 0 N–H and O–H groups in total. The largest absolute Gasteiger partial charge is 0.539 e. The van der Waals surface area contributed by atoms with Gasteiger partial charge < -0.3 is 14.4 Å². The lowest BCUT2D eigenvalue weighted by Gasteiger charge is -2.15. The van der Waals surface area contributed by atoms with Crippen LogP contribution in [0.25, 0.3) is 5.69 Å². The Hall–Kier alpha value is -2.91. The summed E-state index contributed by atoms with van der Waals surface area (Å²) in [6, 6.07) is 13.3. The van der Waals surface area contributed by atoms with Crippen LogP contribution in [-0.2, 0) is 16.6 Å². The Morgan fingerprint density at radius 2 is 1.78 bits per heavy atom. The fourth-order valence-electron chi connectivity index (χ4n) is 2.51. The van der Waals surface area contributed by atoms with Gasteiger partial charge in [0, 0.05) is 19.2 Å². The number of rotatable bonds is 6. The Labute approximate surface area is 157 Å². The van der Waals surface area contributed by atoms with Crippen LogP contribution in [0.1, 0.15) is 11.3 Å². The highest BCUT2D eigenvalue weighted by Crippen LogP contribution is 2.20. The summed E-state index contributed by atoms with van der Waals surface area (Å²) in [5.41, 5.74) is 1.60. The highest BCUT2D eigenvalue weighted by molar-refractivity contribution is 7.89.